The van der Waals surface area contributed by atoms with E-state index in [0.717, 1.165) is 25.9 Å². The summed E-state index contributed by atoms with van der Waals surface area (Å²) in [6.45, 7) is 7.93. The molecule has 0 aromatic heterocycles. The monoisotopic (exact) mass is 353 g/mol. The standard InChI is InChI=1S/C17H27N3O3S/c1-4-20(5-2)24(22,23)16-12-15(7-6-13(16)3)19-17(21)14-8-10-18-11-9-14/h6-7,12,14,18H,4-5,8-11H2,1-3H3,(H,19,21). The molecule has 2 rings (SSSR count). The summed E-state index contributed by atoms with van der Waals surface area (Å²) in [6.07, 6.45) is 1.62. The molecule has 0 unspecified atom stereocenters. The zero-order valence-corrected chi connectivity index (χ0v) is 15.4. The maximum Gasteiger partial charge on any atom is 0.243 e. The average molecular weight is 353 g/mol. The SMILES string of the molecule is CCN(CC)S(=O)(=O)c1cc(NC(=O)C2CCNCC2)ccc1C. The van der Waals surface area contributed by atoms with Crippen molar-refractivity contribution in [3.05, 3.63) is 23.8 Å². The van der Waals surface area contributed by atoms with Crippen LogP contribution in [0.15, 0.2) is 23.1 Å². The summed E-state index contributed by atoms with van der Waals surface area (Å²) in [6, 6.07) is 5.08. The van der Waals surface area contributed by atoms with Gasteiger partial charge in [0, 0.05) is 24.7 Å². The van der Waals surface area contributed by atoms with Crippen LogP contribution in [0, 0.1) is 12.8 Å². The predicted molar refractivity (Wildman–Crippen MR) is 95.5 cm³/mol. The van der Waals surface area contributed by atoms with Crippen LogP contribution in [0.1, 0.15) is 32.3 Å². The molecule has 2 N–H and O–H groups in total. The summed E-state index contributed by atoms with van der Waals surface area (Å²) in [5, 5.41) is 6.11. The van der Waals surface area contributed by atoms with E-state index in [1.165, 1.54) is 4.31 Å². The van der Waals surface area contributed by atoms with Gasteiger partial charge in [0.05, 0.1) is 4.90 Å². The van der Waals surface area contributed by atoms with Crippen LogP contribution in [-0.4, -0.2) is 44.8 Å². The highest BCUT2D eigenvalue weighted by molar-refractivity contribution is 7.89. The first-order valence-electron chi connectivity index (χ1n) is 8.52. The molecule has 1 aliphatic heterocycles. The Bertz CT molecular complexity index is 678. The van der Waals surface area contributed by atoms with Gasteiger partial charge in [-0.15, -0.1) is 0 Å². The number of anilines is 1. The third-order valence-electron chi connectivity index (χ3n) is 4.49. The first kappa shape index (κ1) is 18.9. The van der Waals surface area contributed by atoms with Crippen LogP contribution in [0.5, 0.6) is 0 Å². The maximum atomic E-state index is 12.8. The number of rotatable bonds is 6. The number of sulfonamides is 1. The summed E-state index contributed by atoms with van der Waals surface area (Å²) < 4.78 is 26.9. The van der Waals surface area contributed by atoms with Crippen molar-refractivity contribution in [1.82, 2.24) is 9.62 Å². The van der Waals surface area contributed by atoms with Gasteiger partial charge in [-0.1, -0.05) is 19.9 Å². The Kier molecular flexibility index (Phi) is 6.37. The number of nitrogens with zero attached hydrogens (tertiary/aromatic N) is 1. The van der Waals surface area contributed by atoms with Gasteiger partial charge >= 0.3 is 0 Å². The van der Waals surface area contributed by atoms with E-state index >= 15 is 0 Å². The lowest BCUT2D eigenvalue weighted by Gasteiger charge is -2.23. The van der Waals surface area contributed by atoms with Crippen molar-refractivity contribution in [3.8, 4) is 0 Å². The van der Waals surface area contributed by atoms with Crippen molar-refractivity contribution in [1.29, 1.82) is 0 Å². The van der Waals surface area contributed by atoms with Gasteiger partial charge in [0.2, 0.25) is 15.9 Å². The number of hydrogen-bond donors (Lipinski definition) is 2. The van der Waals surface area contributed by atoms with Gasteiger partial charge in [0.25, 0.3) is 0 Å². The van der Waals surface area contributed by atoms with Crippen LogP contribution in [0.25, 0.3) is 0 Å². The zero-order valence-electron chi connectivity index (χ0n) is 14.6. The Morgan fingerprint density at radius 2 is 1.88 bits per heavy atom. The quantitative estimate of drug-likeness (QED) is 0.819. The highest BCUT2D eigenvalue weighted by atomic mass is 32.2. The van der Waals surface area contributed by atoms with Gasteiger partial charge in [-0.2, -0.15) is 4.31 Å². The van der Waals surface area contributed by atoms with E-state index < -0.39 is 10.0 Å². The molecule has 24 heavy (non-hydrogen) atoms. The third kappa shape index (κ3) is 4.15. The molecule has 1 heterocycles. The Hall–Kier alpha value is -1.44. The molecule has 0 spiro atoms. The minimum absolute atomic E-state index is 0.0182. The van der Waals surface area contributed by atoms with Crippen LogP contribution >= 0.6 is 0 Å². The van der Waals surface area contributed by atoms with E-state index in [0.29, 0.717) is 24.3 Å². The number of amides is 1. The van der Waals surface area contributed by atoms with Crippen molar-refractivity contribution in [2.45, 2.75) is 38.5 Å². The van der Waals surface area contributed by atoms with Crippen LogP contribution in [0.3, 0.4) is 0 Å². The minimum Gasteiger partial charge on any atom is -0.326 e. The third-order valence-corrected chi connectivity index (χ3v) is 6.68. The molecule has 7 heteroatoms. The number of aryl methyl sites for hydroxylation is 1. The number of hydrogen-bond acceptors (Lipinski definition) is 4. The van der Waals surface area contributed by atoms with E-state index in [4.69, 9.17) is 0 Å². The van der Waals surface area contributed by atoms with Gasteiger partial charge in [0.1, 0.15) is 0 Å². The summed E-state index contributed by atoms with van der Waals surface area (Å²) >= 11 is 0. The number of carbonyl (C=O) groups excluding carboxylic acids is 1. The van der Waals surface area contributed by atoms with Crippen LogP contribution in [-0.2, 0) is 14.8 Å². The van der Waals surface area contributed by atoms with Gasteiger partial charge in [0.15, 0.2) is 0 Å². The fraction of sp³-hybridized carbons (Fsp3) is 0.588. The lowest BCUT2D eigenvalue weighted by atomic mass is 9.97. The molecule has 0 atom stereocenters. The Balaban J connectivity index is 2.23. The number of benzene rings is 1. The zero-order chi connectivity index (χ0) is 17.7. The molecule has 1 saturated heterocycles. The summed E-state index contributed by atoms with van der Waals surface area (Å²) in [4.78, 5) is 12.6. The molecule has 1 aromatic carbocycles. The van der Waals surface area contributed by atoms with Crippen LogP contribution < -0.4 is 10.6 Å². The highest BCUT2D eigenvalue weighted by Gasteiger charge is 2.25. The first-order chi connectivity index (χ1) is 11.4. The van der Waals surface area contributed by atoms with Crippen molar-refractivity contribution in [2.75, 3.05) is 31.5 Å². The average Bonchev–Trinajstić information content (AvgIpc) is 2.58. The molecule has 6 nitrogen and oxygen atoms in total. The van der Waals surface area contributed by atoms with Crippen molar-refractivity contribution < 1.29 is 13.2 Å². The van der Waals surface area contributed by atoms with E-state index in [-0.39, 0.29) is 16.7 Å². The molecule has 134 valence electrons. The van der Waals surface area contributed by atoms with E-state index in [1.54, 1.807) is 25.1 Å². The van der Waals surface area contributed by atoms with Gasteiger partial charge in [-0.25, -0.2) is 8.42 Å². The van der Waals surface area contributed by atoms with E-state index in [2.05, 4.69) is 10.6 Å². The molecular formula is C17H27N3O3S. The smallest absolute Gasteiger partial charge is 0.243 e. The Morgan fingerprint density at radius 1 is 1.25 bits per heavy atom. The van der Waals surface area contributed by atoms with Crippen molar-refractivity contribution in [3.63, 3.8) is 0 Å². The number of piperidine rings is 1. The molecule has 0 bridgehead atoms. The largest absolute Gasteiger partial charge is 0.326 e. The molecule has 1 amide bonds. The first-order valence-corrected chi connectivity index (χ1v) is 9.96. The predicted octanol–water partition coefficient (Wildman–Crippen LogP) is 1.96. The van der Waals surface area contributed by atoms with Crippen LogP contribution in [0.4, 0.5) is 5.69 Å². The Labute approximate surface area is 144 Å². The molecule has 1 aliphatic rings. The summed E-state index contributed by atoms with van der Waals surface area (Å²) in [5.41, 5.74) is 1.22. The molecule has 1 aromatic rings. The van der Waals surface area contributed by atoms with Gasteiger partial charge in [-0.3, -0.25) is 4.79 Å². The Morgan fingerprint density at radius 3 is 2.46 bits per heavy atom. The maximum absolute atomic E-state index is 12.8. The second kappa shape index (κ2) is 8.09. The summed E-state index contributed by atoms with van der Waals surface area (Å²) in [7, 11) is -3.54. The second-order valence-electron chi connectivity index (χ2n) is 6.08. The topological polar surface area (TPSA) is 78.5 Å². The molecular weight excluding hydrogens is 326 g/mol. The number of carbonyl (C=O) groups is 1. The van der Waals surface area contributed by atoms with Crippen LogP contribution in [0.2, 0.25) is 0 Å². The van der Waals surface area contributed by atoms with Crippen molar-refractivity contribution >= 4 is 21.6 Å². The molecule has 0 radical (unpaired) electrons. The minimum atomic E-state index is -3.54. The van der Waals surface area contributed by atoms with E-state index in [1.807, 2.05) is 13.8 Å². The highest BCUT2D eigenvalue weighted by Crippen LogP contribution is 2.24. The van der Waals surface area contributed by atoms with Crippen molar-refractivity contribution in [2.24, 2.45) is 5.92 Å². The fourth-order valence-electron chi connectivity index (χ4n) is 2.99. The summed E-state index contributed by atoms with van der Waals surface area (Å²) in [5.74, 6) is -0.0538. The molecule has 0 aliphatic carbocycles. The van der Waals surface area contributed by atoms with Gasteiger partial charge < -0.3 is 10.6 Å². The fourth-order valence-corrected chi connectivity index (χ4v) is 4.70. The second-order valence-corrected chi connectivity index (χ2v) is 7.99. The number of nitrogens with one attached hydrogen (secondary N) is 2. The van der Waals surface area contributed by atoms with E-state index in [9.17, 15) is 13.2 Å². The van der Waals surface area contributed by atoms with Gasteiger partial charge in [-0.05, 0) is 50.6 Å². The molecule has 0 saturated carbocycles. The lowest BCUT2D eigenvalue weighted by Crippen LogP contribution is -2.34. The molecule has 1 fully saturated rings. The lowest BCUT2D eigenvalue weighted by molar-refractivity contribution is -0.120. The normalized spacial score (nSPS) is 16.3.